The van der Waals surface area contributed by atoms with E-state index in [1.807, 2.05) is 60.7 Å². The number of rotatable bonds is 4. The molecule has 0 spiro atoms. The lowest BCUT2D eigenvalue weighted by Gasteiger charge is -2.44. The summed E-state index contributed by atoms with van der Waals surface area (Å²) in [5.41, 5.74) is 9.70. The fourth-order valence-corrected chi connectivity index (χ4v) is 7.08. The van der Waals surface area contributed by atoms with Gasteiger partial charge >= 0.3 is 0 Å². The van der Waals surface area contributed by atoms with Crippen LogP contribution in [0.4, 0.5) is 11.6 Å². The first-order chi connectivity index (χ1) is 21.9. The average molecular weight is 590 g/mol. The summed E-state index contributed by atoms with van der Waals surface area (Å²) in [7, 11) is 2.12. The number of ether oxygens (including phenoxy) is 1. The lowest BCUT2D eigenvalue weighted by Crippen LogP contribution is -2.49. The number of aromatic nitrogens is 5. The van der Waals surface area contributed by atoms with Gasteiger partial charge in [-0.25, -0.2) is 14.5 Å². The summed E-state index contributed by atoms with van der Waals surface area (Å²) in [4.78, 5) is 22.0. The molecule has 0 saturated carbocycles. The number of nitrogens with zero attached hydrogens (tertiary/aromatic N) is 6. The molecule has 2 aromatic carbocycles. The molecule has 45 heavy (non-hydrogen) atoms. The molecule has 7 heteroatoms. The van der Waals surface area contributed by atoms with Crippen LogP contribution < -0.4 is 14.2 Å². The Kier molecular flexibility index (Phi) is 6.24. The van der Waals surface area contributed by atoms with Gasteiger partial charge < -0.3 is 4.74 Å². The maximum absolute atomic E-state index is 7.02. The number of aryl methyl sites for hydroxylation is 2. The Balaban J connectivity index is 1.39. The van der Waals surface area contributed by atoms with E-state index in [1.54, 1.807) is 12.4 Å². The molecule has 0 amide bonds. The number of para-hydroxylation sites is 2. The van der Waals surface area contributed by atoms with E-state index in [-0.39, 0.29) is 17.6 Å². The average Bonchev–Trinajstić information content (AvgIpc) is 3.30. The molecule has 1 aliphatic heterocycles. The number of hydrogen-bond acceptors (Lipinski definition) is 6. The Morgan fingerprint density at radius 2 is 1.40 bits per heavy atom. The van der Waals surface area contributed by atoms with Gasteiger partial charge in [0.2, 0.25) is 11.6 Å². The van der Waals surface area contributed by atoms with Crippen LogP contribution in [-0.4, -0.2) is 26.0 Å². The second-order valence-electron chi connectivity index (χ2n) is 12.3. The van der Waals surface area contributed by atoms with Crippen molar-refractivity contribution in [1.82, 2.24) is 19.9 Å². The number of hydrogen-bond donors (Lipinski definition) is 0. The largest absolute Gasteiger partial charge is 0.481 e. The van der Waals surface area contributed by atoms with Crippen LogP contribution in [-0.2, 0) is 12.5 Å². The Labute approximate surface area is 262 Å². The summed E-state index contributed by atoms with van der Waals surface area (Å²) in [6.45, 7) is 6.79. The van der Waals surface area contributed by atoms with Crippen LogP contribution in [0.15, 0.2) is 116 Å². The molecule has 6 aromatic rings. The van der Waals surface area contributed by atoms with Crippen molar-refractivity contribution < 1.29 is 9.30 Å². The van der Waals surface area contributed by atoms with Gasteiger partial charge in [-0.3, -0.25) is 14.9 Å². The molecule has 0 saturated heterocycles. The Hall–Kier alpha value is -5.43. The lowest BCUT2D eigenvalue weighted by molar-refractivity contribution is -0.660. The molecule has 5 heterocycles. The van der Waals surface area contributed by atoms with Gasteiger partial charge in [0.1, 0.15) is 12.8 Å². The molecule has 8 rings (SSSR count). The molecular formula is C38H33N6O+. The second kappa shape index (κ2) is 10.3. The molecule has 0 bridgehead atoms. The summed E-state index contributed by atoms with van der Waals surface area (Å²) in [5, 5.41) is 0. The Morgan fingerprint density at radius 1 is 0.756 bits per heavy atom. The van der Waals surface area contributed by atoms with E-state index < -0.39 is 0 Å². The van der Waals surface area contributed by atoms with Gasteiger partial charge in [0.25, 0.3) is 0 Å². The quantitative estimate of drug-likeness (QED) is 0.201. The van der Waals surface area contributed by atoms with Gasteiger partial charge in [0, 0.05) is 29.4 Å². The van der Waals surface area contributed by atoms with E-state index in [0.29, 0.717) is 5.95 Å². The third kappa shape index (κ3) is 4.30. The van der Waals surface area contributed by atoms with Gasteiger partial charge in [-0.1, -0.05) is 56.3 Å². The van der Waals surface area contributed by atoms with E-state index in [2.05, 4.69) is 89.8 Å². The van der Waals surface area contributed by atoms with E-state index in [1.165, 1.54) is 27.9 Å². The summed E-state index contributed by atoms with van der Waals surface area (Å²) in [6, 6.07) is 32.6. The first-order valence-electron chi connectivity index (χ1n) is 15.3. The fourth-order valence-electron chi connectivity index (χ4n) is 7.08. The molecule has 2 aliphatic rings. The molecule has 0 radical (unpaired) electrons. The van der Waals surface area contributed by atoms with Gasteiger partial charge in [0.05, 0.1) is 40.1 Å². The highest BCUT2D eigenvalue weighted by Gasteiger charge is 2.57. The number of fused-ring (bicyclic) bond motifs is 4. The van der Waals surface area contributed by atoms with Gasteiger partial charge in [-0.15, -0.1) is 0 Å². The molecule has 4 aromatic heterocycles. The van der Waals surface area contributed by atoms with Crippen molar-refractivity contribution in [2.24, 2.45) is 7.05 Å². The summed E-state index contributed by atoms with van der Waals surface area (Å²) < 4.78 is 9.25. The van der Waals surface area contributed by atoms with Crippen LogP contribution in [0.2, 0.25) is 0 Å². The molecule has 7 nitrogen and oxygen atoms in total. The van der Waals surface area contributed by atoms with Crippen molar-refractivity contribution in [2.45, 2.75) is 38.3 Å². The first-order valence-corrected chi connectivity index (χ1v) is 15.3. The minimum Gasteiger partial charge on any atom is -0.481 e. The molecular weight excluding hydrogens is 556 g/mol. The van der Waals surface area contributed by atoms with Crippen molar-refractivity contribution in [3.63, 3.8) is 0 Å². The fraction of sp³-hybridized carbons (Fsp3) is 0.184. The number of pyridine rings is 3. The zero-order valence-electron chi connectivity index (χ0n) is 25.7. The Morgan fingerprint density at radius 3 is 2.07 bits per heavy atom. The topological polar surface area (TPSA) is 67.9 Å². The molecule has 1 aliphatic carbocycles. The molecule has 0 N–H and O–H groups in total. The summed E-state index contributed by atoms with van der Waals surface area (Å²) in [6.07, 6.45) is 5.49. The van der Waals surface area contributed by atoms with Crippen LogP contribution >= 0.6 is 0 Å². The van der Waals surface area contributed by atoms with Gasteiger partial charge in [-0.2, -0.15) is 0 Å². The van der Waals surface area contributed by atoms with Crippen molar-refractivity contribution in [3.8, 4) is 39.8 Å². The zero-order chi connectivity index (χ0) is 30.7. The summed E-state index contributed by atoms with van der Waals surface area (Å²) in [5.74, 6) is 1.39. The monoisotopic (exact) mass is 589 g/mol. The highest BCUT2D eigenvalue weighted by atomic mass is 16.5. The van der Waals surface area contributed by atoms with E-state index >= 15 is 0 Å². The zero-order valence-corrected chi connectivity index (χ0v) is 25.7. The highest BCUT2D eigenvalue weighted by Crippen LogP contribution is 2.57. The third-order valence-corrected chi connectivity index (χ3v) is 9.21. The minimum atomic E-state index is -0.325. The maximum Gasteiger partial charge on any atom is 0.231 e. The normalized spacial score (nSPS) is 17.6. The molecule has 220 valence electrons. The Bertz CT molecular complexity index is 2000. The van der Waals surface area contributed by atoms with Crippen molar-refractivity contribution in [3.05, 3.63) is 132 Å². The minimum absolute atomic E-state index is 0.136. The predicted molar refractivity (Wildman–Crippen MR) is 175 cm³/mol. The lowest BCUT2D eigenvalue weighted by atomic mass is 9.81. The van der Waals surface area contributed by atoms with Crippen molar-refractivity contribution in [1.29, 1.82) is 0 Å². The first kappa shape index (κ1) is 27.1. The number of benzene rings is 2. The van der Waals surface area contributed by atoms with Crippen LogP contribution in [0, 0.1) is 6.92 Å². The second-order valence-corrected chi connectivity index (χ2v) is 12.3. The molecule has 2 unspecified atom stereocenters. The van der Waals surface area contributed by atoms with Crippen LogP contribution in [0.3, 0.4) is 0 Å². The van der Waals surface area contributed by atoms with Crippen LogP contribution in [0.25, 0.3) is 34.0 Å². The molecule has 2 atom stereocenters. The SMILES string of the molecule is Cc1ccccc1-c1c2c(cc[n+]1C)C(C)(C)C1C2Oc2ccccc2N1c1nc(-c2ccccn2)cc(-c2ccccn2)n1. The van der Waals surface area contributed by atoms with Crippen LogP contribution in [0.5, 0.6) is 5.75 Å². The van der Waals surface area contributed by atoms with E-state index in [4.69, 9.17) is 14.7 Å². The van der Waals surface area contributed by atoms with Crippen LogP contribution in [0.1, 0.15) is 36.6 Å². The standard InChI is InChI=1S/C38H33N6O/c1-24-13-5-6-14-25(24)34-33-26(19-22-43(34)4)38(2,3)36-35(33)45-32-18-8-7-17-31(32)44(36)37-41-29(27-15-9-11-20-39-27)23-30(42-37)28-16-10-12-21-40-28/h5-23,35-36H,1-4H3/q+1. The van der Waals surface area contributed by atoms with Gasteiger partial charge in [-0.05, 0) is 66.6 Å². The van der Waals surface area contributed by atoms with E-state index in [9.17, 15) is 0 Å². The molecule has 0 fully saturated rings. The summed E-state index contributed by atoms with van der Waals surface area (Å²) >= 11 is 0. The predicted octanol–water partition coefficient (Wildman–Crippen LogP) is 7.33. The maximum atomic E-state index is 7.02. The van der Waals surface area contributed by atoms with Crippen molar-refractivity contribution in [2.75, 3.05) is 4.90 Å². The van der Waals surface area contributed by atoms with E-state index in [0.717, 1.165) is 34.2 Å². The smallest absolute Gasteiger partial charge is 0.231 e. The van der Waals surface area contributed by atoms with Gasteiger partial charge in [0.15, 0.2) is 12.3 Å². The highest BCUT2D eigenvalue weighted by molar-refractivity contribution is 5.76. The number of anilines is 2. The van der Waals surface area contributed by atoms with Crippen molar-refractivity contribution >= 4 is 11.6 Å². The third-order valence-electron chi connectivity index (χ3n) is 9.21.